The molecule has 9 rings (SSSR count). The quantitative estimate of drug-likeness (QED) is 0.128. The molecule has 0 fully saturated rings. The first-order chi connectivity index (χ1) is 31.3. The molecule has 0 spiro atoms. The maximum absolute atomic E-state index is 6.43. The summed E-state index contributed by atoms with van der Waals surface area (Å²) in [6.45, 7) is 19.8. The minimum absolute atomic E-state index is 0. The Hall–Kier alpha value is -5.84. The summed E-state index contributed by atoms with van der Waals surface area (Å²) in [5, 5.41) is 0. The molecular formula is C59H55IrN5OPt-2. The van der Waals surface area contributed by atoms with Crippen LogP contribution < -0.4 is 4.74 Å². The molecule has 0 atom stereocenters. The van der Waals surface area contributed by atoms with Gasteiger partial charge in [0, 0.05) is 55.9 Å². The van der Waals surface area contributed by atoms with Crippen molar-refractivity contribution in [3.05, 3.63) is 198 Å². The van der Waals surface area contributed by atoms with Crippen molar-refractivity contribution in [3.8, 4) is 62.3 Å². The third-order valence-corrected chi connectivity index (χ3v) is 11.0. The molecule has 0 aliphatic rings. The van der Waals surface area contributed by atoms with Crippen LogP contribution in [-0.2, 0) is 47.6 Å². The van der Waals surface area contributed by atoms with Crippen LogP contribution in [0.1, 0.15) is 88.1 Å². The summed E-state index contributed by atoms with van der Waals surface area (Å²) in [6.07, 6.45) is 6.44. The number of aryl methyl sites for hydroxylation is 2. The van der Waals surface area contributed by atoms with Crippen molar-refractivity contribution in [2.45, 2.75) is 80.6 Å². The van der Waals surface area contributed by atoms with Gasteiger partial charge in [0.25, 0.3) is 0 Å². The van der Waals surface area contributed by atoms with Crippen molar-refractivity contribution < 1.29 is 45.9 Å². The predicted molar refractivity (Wildman–Crippen MR) is 265 cm³/mol. The summed E-state index contributed by atoms with van der Waals surface area (Å²) in [7, 11) is 0. The van der Waals surface area contributed by atoms with Gasteiger partial charge in [-0.15, -0.1) is 118 Å². The standard InChI is InChI=1S/C43H37N4O.C16H18N.Ir.Pt/c1-27(2)36-16-11-17-37(28(3)4)42(36)47-39-19-8-7-18-38(39)46-43(47)32-13-10-15-35(26-32)48-34-14-9-12-31(25-34)40-41(45-21-20-44-40)33-23-29(5)22-30(6)24-33;1-16(2,3)11-13-9-10-15(17-12-13)14-7-5-4-6-8-14;;/h7-23,27-28H,1-6H3;4-7,9-10,12H,11H2,1-3H3;;/q-3;-1;;+2. The van der Waals surface area contributed by atoms with Crippen LogP contribution in [0.25, 0.3) is 61.9 Å². The van der Waals surface area contributed by atoms with E-state index >= 15 is 0 Å². The summed E-state index contributed by atoms with van der Waals surface area (Å²) in [4.78, 5) is 19.0. The molecule has 0 saturated carbocycles. The van der Waals surface area contributed by atoms with E-state index in [4.69, 9.17) is 14.7 Å². The minimum Gasteiger partial charge on any atom is -0.497 e. The zero-order chi connectivity index (χ0) is 45.7. The van der Waals surface area contributed by atoms with Crippen molar-refractivity contribution in [3.63, 3.8) is 0 Å². The van der Waals surface area contributed by atoms with E-state index in [9.17, 15) is 0 Å². The van der Waals surface area contributed by atoms with Gasteiger partial charge in [0.1, 0.15) is 0 Å². The Balaban J connectivity index is 0.000000329. The fraction of sp³-hybridized carbons (Fsp3) is 0.220. The van der Waals surface area contributed by atoms with E-state index in [1.54, 1.807) is 12.4 Å². The van der Waals surface area contributed by atoms with Crippen LogP contribution >= 0.6 is 0 Å². The van der Waals surface area contributed by atoms with Crippen LogP contribution in [0.3, 0.4) is 0 Å². The summed E-state index contributed by atoms with van der Waals surface area (Å²) < 4.78 is 8.73. The smallest absolute Gasteiger partial charge is 0.497 e. The first kappa shape index (κ1) is 50.6. The van der Waals surface area contributed by atoms with Gasteiger partial charge in [-0.2, -0.15) is 0 Å². The van der Waals surface area contributed by atoms with Gasteiger partial charge in [-0.25, -0.2) is 0 Å². The molecule has 0 aliphatic carbocycles. The zero-order valence-corrected chi connectivity index (χ0v) is 44.2. The second-order valence-electron chi connectivity index (χ2n) is 18.4. The van der Waals surface area contributed by atoms with Crippen molar-refractivity contribution >= 4 is 11.0 Å². The van der Waals surface area contributed by atoms with Gasteiger partial charge in [0.2, 0.25) is 0 Å². The molecule has 0 N–H and O–H groups in total. The molecule has 6 nitrogen and oxygen atoms in total. The molecule has 343 valence electrons. The third-order valence-electron chi connectivity index (χ3n) is 11.0. The van der Waals surface area contributed by atoms with E-state index in [1.165, 1.54) is 22.4 Å². The van der Waals surface area contributed by atoms with Crippen molar-refractivity contribution in [1.29, 1.82) is 0 Å². The normalized spacial score (nSPS) is 11.1. The maximum atomic E-state index is 6.43. The van der Waals surface area contributed by atoms with E-state index in [2.05, 4.69) is 155 Å². The van der Waals surface area contributed by atoms with Gasteiger partial charge in [0.15, 0.2) is 0 Å². The Bertz CT molecular complexity index is 3020. The molecule has 67 heavy (non-hydrogen) atoms. The van der Waals surface area contributed by atoms with Crippen LogP contribution in [-0.4, -0.2) is 24.5 Å². The van der Waals surface area contributed by atoms with Crippen molar-refractivity contribution in [2.75, 3.05) is 0 Å². The first-order valence-corrected chi connectivity index (χ1v) is 22.4. The van der Waals surface area contributed by atoms with Crippen LogP contribution in [0, 0.1) is 43.5 Å². The maximum Gasteiger partial charge on any atom is 2.00 e. The number of rotatable bonds is 10. The zero-order valence-electron chi connectivity index (χ0n) is 39.5. The van der Waals surface area contributed by atoms with Gasteiger partial charge >= 0.3 is 21.1 Å². The summed E-state index contributed by atoms with van der Waals surface area (Å²) in [5.74, 6) is 2.61. The molecule has 9 aromatic rings. The Labute approximate surface area is 425 Å². The number of fused-ring (bicyclic) bond motifs is 1. The van der Waals surface area contributed by atoms with Gasteiger partial charge < -0.3 is 24.3 Å². The molecule has 0 bridgehead atoms. The number of aromatic nitrogens is 5. The van der Waals surface area contributed by atoms with Crippen LogP contribution in [0.4, 0.5) is 0 Å². The number of hydrogen-bond donors (Lipinski definition) is 0. The van der Waals surface area contributed by atoms with Crippen LogP contribution in [0.2, 0.25) is 0 Å². The molecule has 1 radical (unpaired) electrons. The third kappa shape index (κ3) is 12.2. The van der Waals surface area contributed by atoms with Crippen molar-refractivity contribution in [1.82, 2.24) is 24.5 Å². The van der Waals surface area contributed by atoms with Gasteiger partial charge in [-0.3, -0.25) is 4.98 Å². The van der Waals surface area contributed by atoms with Crippen molar-refractivity contribution in [2.24, 2.45) is 5.41 Å². The second-order valence-corrected chi connectivity index (χ2v) is 18.4. The minimum atomic E-state index is 0. The van der Waals surface area contributed by atoms with Gasteiger partial charge in [0.05, 0.1) is 16.9 Å². The summed E-state index contributed by atoms with van der Waals surface area (Å²) >= 11 is 0. The largest absolute Gasteiger partial charge is 2.00 e. The molecule has 0 aliphatic heterocycles. The number of hydrogen-bond acceptors (Lipinski definition) is 5. The number of benzene rings is 6. The Morgan fingerprint density at radius 3 is 1.85 bits per heavy atom. The summed E-state index contributed by atoms with van der Waals surface area (Å²) in [5.41, 5.74) is 15.6. The first-order valence-electron chi connectivity index (χ1n) is 22.4. The molecule has 8 heteroatoms. The molecule has 0 unspecified atom stereocenters. The van der Waals surface area contributed by atoms with E-state index < -0.39 is 0 Å². The molecular weight excluding hydrogens is 1180 g/mol. The molecule has 0 saturated heterocycles. The molecule has 6 aromatic carbocycles. The van der Waals surface area contributed by atoms with E-state index in [0.717, 1.165) is 73.7 Å². The average Bonchev–Trinajstić information content (AvgIpc) is 3.68. The number of para-hydroxylation sites is 3. The number of pyridine rings is 1. The number of imidazole rings is 1. The predicted octanol–water partition coefficient (Wildman–Crippen LogP) is 15.0. The monoisotopic (exact) mass is 1240 g/mol. The Morgan fingerprint density at radius 2 is 1.24 bits per heavy atom. The Kier molecular flexibility index (Phi) is 16.8. The average molecular weight is 1240 g/mol. The second kappa shape index (κ2) is 22.3. The molecule has 3 heterocycles. The molecule has 3 aromatic heterocycles. The van der Waals surface area contributed by atoms with E-state index in [1.807, 2.05) is 79.9 Å². The number of nitrogens with zero attached hydrogens (tertiary/aromatic N) is 5. The topological polar surface area (TPSA) is 65.7 Å². The summed E-state index contributed by atoms with van der Waals surface area (Å²) in [6, 6.07) is 56.7. The van der Waals surface area contributed by atoms with Crippen LogP contribution in [0.15, 0.2) is 146 Å². The van der Waals surface area contributed by atoms with E-state index in [-0.39, 0.29) is 41.2 Å². The number of ether oxygens (including phenoxy) is 1. The van der Waals surface area contributed by atoms with Gasteiger partial charge in [-0.1, -0.05) is 117 Å². The SMILES string of the molecule is CC(C)(C)Cc1ccc(-c2[c-]cccc2)nc1.Cc1[c-]c(-c2nccnc2-c2[c-]c(Oc3[c-]c(-c4nc5ccccc5n4-c4c(C(C)C)cccc4C(C)C)ccc3)ccc2)cc(C)c1.[Ir].[Pt+2]. The van der Waals surface area contributed by atoms with E-state index in [0.29, 0.717) is 28.7 Å². The van der Waals surface area contributed by atoms with Crippen LogP contribution in [0.5, 0.6) is 11.5 Å². The fourth-order valence-electron chi connectivity index (χ4n) is 8.21. The van der Waals surface area contributed by atoms with Gasteiger partial charge in [-0.05, 0) is 69.6 Å². The Morgan fingerprint density at radius 1 is 0.627 bits per heavy atom. The fourth-order valence-corrected chi connectivity index (χ4v) is 8.21. The molecule has 0 amide bonds.